The third kappa shape index (κ3) is 5.44. The Hall–Kier alpha value is -1.96. The lowest BCUT2D eigenvalue weighted by Gasteiger charge is -2.57. The topological polar surface area (TPSA) is 6.48 Å². The van der Waals surface area contributed by atoms with Crippen molar-refractivity contribution in [2.24, 2.45) is 35.5 Å². The fraction of sp³-hybridized carbons (Fsp3) is 0.727. The van der Waals surface area contributed by atoms with Gasteiger partial charge in [-0.3, -0.25) is 0 Å². The van der Waals surface area contributed by atoms with Gasteiger partial charge < -0.3 is 9.80 Å². The van der Waals surface area contributed by atoms with Crippen molar-refractivity contribution in [1.29, 1.82) is 0 Å². The van der Waals surface area contributed by atoms with Crippen molar-refractivity contribution < 1.29 is 0 Å². The predicted molar refractivity (Wildman–Crippen MR) is 192 cm³/mol. The van der Waals surface area contributed by atoms with Crippen LogP contribution in [0.25, 0.3) is 0 Å². The Kier molecular flexibility index (Phi) is 8.62. The molecule has 0 radical (unpaired) electrons. The molecule has 9 rings (SSSR count). The predicted octanol–water partition coefficient (Wildman–Crippen LogP) is 11.2. The molecule has 0 amide bonds. The number of rotatable bonds is 5. The summed E-state index contributed by atoms with van der Waals surface area (Å²) in [5.41, 5.74) is 6.92. The molecule has 0 spiro atoms. The van der Waals surface area contributed by atoms with E-state index in [1.807, 2.05) is 5.70 Å². The first-order valence-corrected chi connectivity index (χ1v) is 20.5. The highest BCUT2D eigenvalue weighted by atomic mass is 15.3. The maximum absolute atomic E-state index is 3.18. The van der Waals surface area contributed by atoms with Crippen molar-refractivity contribution in [2.75, 3.05) is 0 Å². The fourth-order valence-electron chi connectivity index (χ4n) is 12.9. The van der Waals surface area contributed by atoms with Crippen LogP contribution >= 0.6 is 0 Å². The van der Waals surface area contributed by atoms with E-state index in [0.717, 1.165) is 59.7 Å². The molecule has 8 aliphatic carbocycles. The number of hydrogen-bond acceptors (Lipinski definition) is 2. The van der Waals surface area contributed by atoms with Crippen LogP contribution in [0.1, 0.15) is 141 Å². The second-order valence-corrected chi connectivity index (χ2v) is 17.2. The lowest BCUT2D eigenvalue weighted by atomic mass is 9.59. The van der Waals surface area contributed by atoms with Crippen LogP contribution in [-0.2, 0) is 0 Å². The van der Waals surface area contributed by atoms with E-state index in [2.05, 4.69) is 58.4 Å². The van der Waals surface area contributed by atoms with E-state index in [-0.39, 0.29) is 0 Å². The summed E-state index contributed by atoms with van der Waals surface area (Å²) in [5, 5.41) is 0. The van der Waals surface area contributed by atoms with Crippen molar-refractivity contribution in [3.63, 3.8) is 0 Å². The summed E-state index contributed by atoms with van der Waals surface area (Å²) < 4.78 is 0. The Morgan fingerprint density at radius 3 is 2.28 bits per heavy atom. The highest BCUT2D eigenvalue weighted by Crippen LogP contribution is 2.59. The summed E-state index contributed by atoms with van der Waals surface area (Å²) in [6, 6.07) is 3.18. The van der Waals surface area contributed by atoms with E-state index in [0.29, 0.717) is 0 Å². The Morgan fingerprint density at radius 1 is 0.609 bits per heavy atom. The third-order valence-corrected chi connectivity index (χ3v) is 14.9. The highest BCUT2D eigenvalue weighted by molar-refractivity contribution is 5.39. The first-order valence-electron chi connectivity index (χ1n) is 20.5. The molecule has 0 bridgehead atoms. The summed E-state index contributed by atoms with van der Waals surface area (Å²) in [6.45, 7) is 0. The molecule has 1 unspecified atom stereocenters. The molecule has 4 fully saturated rings. The van der Waals surface area contributed by atoms with Gasteiger partial charge in [-0.1, -0.05) is 80.7 Å². The molecule has 9 atom stereocenters. The van der Waals surface area contributed by atoms with Crippen molar-refractivity contribution in [3.8, 4) is 0 Å². The van der Waals surface area contributed by atoms with Crippen LogP contribution in [0.2, 0.25) is 0 Å². The van der Waals surface area contributed by atoms with Gasteiger partial charge >= 0.3 is 0 Å². The van der Waals surface area contributed by atoms with E-state index in [1.54, 1.807) is 16.8 Å². The minimum absolute atomic E-state index is 0.721. The minimum atomic E-state index is 0.721. The number of nitrogens with zero attached hydrogens (tertiary/aromatic N) is 2. The zero-order valence-electron chi connectivity index (χ0n) is 28.8. The third-order valence-electron chi connectivity index (χ3n) is 14.9. The molecule has 0 aromatic heterocycles. The van der Waals surface area contributed by atoms with Gasteiger partial charge in [0.25, 0.3) is 0 Å². The number of fused-ring (bicyclic) bond motifs is 6. The second kappa shape index (κ2) is 13.2. The van der Waals surface area contributed by atoms with E-state index in [4.69, 9.17) is 0 Å². The molecule has 0 aromatic rings. The lowest BCUT2D eigenvalue weighted by molar-refractivity contribution is -0.0411. The van der Waals surface area contributed by atoms with Crippen LogP contribution in [0, 0.1) is 35.5 Å². The average molecular weight is 619 g/mol. The monoisotopic (exact) mass is 618 g/mol. The molecule has 1 heterocycles. The second-order valence-electron chi connectivity index (χ2n) is 17.2. The summed E-state index contributed by atoms with van der Waals surface area (Å²) in [4.78, 5) is 6.37. The normalized spacial score (nSPS) is 40.9. The molecule has 1 saturated heterocycles. The standard InChI is InChI=1S/C44H62N2/c1-3-15-35(16-4-1)45(37-27-25-32(26-28-37)34-24-23-31-13-7-8-14-33(31)29-34)43-30-41-39-20-11-12-22-42(39)46(36-17-5-2-6-18-36)44(41)40-21-10-9-19-38(40)43/h1,3,8,14,22,24,27,29,31-32,35-36,38-41,43-44H,2,4-7,9-13,15-21,23,25-26,28,30H2/t31-,32-,35?,38+,39+,40-,41-,43-,44-/m1/s1. The van der Waals surface area contributed by atoms with Gasteiger partial charge in [0.2, 0.25) is 0 Å². The van der Waals surface area contributed by atoms with Crippen LogP contribution in [0.4, 0.5) is 0 Å². The van der Waals surface area contributed by atoms with E-state index < -0.39 is 0 Å². The zero-order chi connectivity index (χ0) is 30.5. The molecule has 1 aliphatic heterocycles. The summed E-state index contributed by atoms with van der Waals surface area (Å²) in [5.74, 6) is 5.08. The van der Waals surface area contributed by atoms with Gasteiger partial charge in [-0.15, -0.1) is 0 Å². The van der Waals surface area contributed by atoms with E-state index in [9.17, 15) is 0 Å². The van der Waals surface area contributed by atoms with Crippen LogP contribution in [0.3, 0.4) is 0 Å². The molecular formula is C44H62N2. The summed E-state index contributed by atoms with van der Waals surface area (Å²) in [7, 11) is 0. The molecule has 0 aromatic carbocycles. The Morgan fingerprint density at radius 2 is 1.43 bits per heavy atom. The van der Waals surface area contributed by atoms with E-state index in [1.165, 1.54) is 141 Å². The van der Waals surface area contributed by atoms with Gasteiger partial charge in [-0.2, -0.15) is 0 Å². The Labute approximate surface area is 281 Å². The maximum Gasteiger partial charge on any atom is 0.0356 e. The molecule has 3 saturated carbocycles. The van der Waals surface area contributed by atoms with E-state index >= 15 is 0 Å². The van der Waals surface area contributed by atoms with Crippen molar-refractivity contribution >= 4 is 0 Å². The van der Waals surface area contributed by atoms with Gasteiger partial charge in [0.05, 0.1) is 0 Å². The SMILES string of the molecule is C1=CCC(N(C2=CC[C@@H](C3=CC[C@H]4CCC=CC4=C3)CC2)[C@@H]2C[C@H]3[C@@H]([C@@H]4CCCC[C@@H]42)N(C2CCCCC2)C2=CCCC[C@H]23)CC1. The highest BCUT2D eigenvalue weighted by Gasteiger charge is 2.58. The van der Waals surface area contributed by atoms with Gasteiger partial charge in [0.1, 0.15) is 0 Å². The van der Waals surface area contributed by atoms with Gasteiger partial charge in [0.15, 0.2) is 0 Å². The minimum Gasteiger partial charge on any atom is -0.368 e. The number of likely N-dealkylation sites (tertiary alicyclic amines) is 1. The summed E-state index contributed by atoms with van der Waals surface area (Å²) in [6.07, 6.45) is 51.5. The van der Waals surface area contributed by atoms with Gasteiger partial charge in [-0.05, 0) is 150 Å². The fourth-order valence-corrected chi connectivity index (χ4v) is 12.9. The van der Waals surface area contributed by atoms with Crippen molar-refractivity contribution in [3.05, 3.63) is 71.1 Å². The Balaban J connectivity index is 1.03. The molecular weight excluding hydrogens is 556 g/mol. The molecule has 0 N–H and O–H groups in total. The largest absolute Gasteiger partial charge is 0.368 e. The smallest absolute Gasteiger partial charge is 0.0356 e. The van der Waals surface area contributed by atoms with Crippen molar-refractivity contribution in [1.82, 2.24) is 9.80 Å². The maximum atomic E-state index is 3.18. The summed E-state index contributed by atoms with van der Waals surface area (Å²) >= 11 is 0. The molecule has 2 nitrogen and oxygen atoms in total. The number of hydrogen-bond donors (Lipinski definition) is 0. The molecule has 46 heavy (non-hydrogen) atoms. The molecule has 2 heteroatoms. The molecule has 9 aliphatic rings. The van der Waals surface area contributed by atoms with Gasteiger partial charge in [-0.25, -0.2) is 0 Å². The number of allylic oxidation sites excluding steroid dienone is 11. The van der Waals surface area contributed by atoms with Crippen LogP contribution in [0.15, 0.2) is 71.1 Å². The van der Waals surface area contributed by atoms with Crippen LogP contribution in [0.5, 0.6) is 0 Å². The van der Waals surface area contributed by atoms with Crippen LogP contribution < -0.4 is 0 Å². The lowest BCUT2D eigenvalue weighted by Crippen LogP contribution is -2.59. The Bertz CT molecular complexity index is 1300. The first kappa shape index (κ1) is 30.1. The molecule has 248 valence electrons. The zero-order valence-corrected chi connectivity index (χ0v) is 28.8. The average Bonchev–Trinajstić information content (AvgIpc) is 3.47. The first-order chi connectivity index (χ1) is 22.8. The van der Waals surface area contributed by atoms with Crippen molar-refractivity contribution in [2.45, 2.75) is 165 Å². The quantitative estimate of drug-likeness (QED) is 0.283. The van der Waals surface area contributed by atoms with Gasteiger partial charge in [0, 0.05) is 41.5 Å². The van der Waals surface area contributed by atoms with Crippen LogP contribution in [-0.4, -0.2) is 34.0 Å².